The Kier molecular flexibility index (Phi) is 6.83. The number of carbonyl (C=O) groups is 1. The Hall–Kier alpha value is -2.22. The summed E-state index contributed by atoms with van der Waals surface area (Å²) in [7, 11) is -3.51. The monoisotopic (exact) mass is 402 g/mol. The van der Waals surface area contributed by atoms with Gasteiger partial charge in [-0.05, 0) is 38.0 Å². The van der Waals surface area contributed by atoms with Crippen LogP contribution in [0.1, 0.15) is 37.8 Å². The minimum absolute atomic E-state index is 0.157. The summed E-state index contributed by atoms with van der Waals surface area (Å²) < 4.78 is 27.1. The van der Waals surface area contributed by atoms with Gasteiger partial charge in [0.05, 0.1) is 4.90 Å². The summed E-state index contributed by atoms with van der Waals surface area (Å²) in [6.45, 7) is 3.43. The van der Waals surface area contributed by atoms with Crippen molar-refractivity contribution in [2.45, 2.75) is 37.1 Å². The molecule has 1 aliphatic rings. The molecule has 0 spiro atoms. The van der Waals surface area contributed by atoms with Crippen molar-refractivity contribution in [3.05, 3.63) is 60.2 Å². The van der Waals surface area contributed by atoms with E-state index in [0.717, 1.165) is 24.8 Å². The molecule has 6 nitrogen and oxygen atoms in total. The standard InChI is InChI=1S/C21H27N3O3S/c1-17(18-9-4-2-5-10-18)22-16-21(25)23-19-11-8-12-20(15-19)28(26,27)24-13-6-3-7-14-24/h2,4-5,8-12,15,17,22H,3,6-7,13-14,16H2,1H3,(H,23,25)/p+1/t17-/m0/s1. The number of piperidine rings is 1. The van der Waals surface area contributed by atoms with Crippen LogP contribution in [0, 0.1) is 0 Å². The van der Waals surface area contributed by atoms with E-state index in [1.165, 1.54) is 4.31 Å². The molecule has 0 bridgehead atoms. The zero-order valence-electron chi connectivity index (χ0n) is 16.2. The Morgan fingerprint density at radius 2 is 1.79 bits per heavy atom. The van der Waals surface area contributed by atoms with Crippen LogP contribution in [-0.4, -0.2) is 38.3 Å². The molecule has 1 atom stereocenters. The van der Waals surface area contributed by atoms with Gasteiger partial charge in [-0.3, -0.25) is 4.79 Å². The number of nitrogens with one attached hydrogen (secondary N) is 1. The second kappa shape index (κ2) is 9.32. The van der Waals surface area contributed by atoms with Crippen LogP contribution in [-0.2, 0) is 14.8 Å². The van der Waals surface area contributed by atoms with Crippen molar-refractivity contribution in [3.63, 3.8) is 0 Å². The van der Waals surface area contributed by atoms with E-state index >= 15 is 0 Å². The Balaban J connectivity index is 1.60. The molecule has 1 fully saturated rings. The molecule has 3 N–H and O–H groups in total. The van der Waals surface area contributed by atoms with Gasteiger partial charge in [-0.15, -0.1) is 0 Å². The van der Waals surface area contributed by atoms with Crippen LogP contribution in [0.4, 0.5) is 5.69 Å². The number of amides is 1. The van der Waals surface area contributed by atoms with Gasteiger partial charge in [-0.1, -0.05) is 42.8 Å². The fourth-order valence-corrected chi connectivity index (χ4v) is 4.94. The van der Waals surface area contributed by atoms with E-state index in [0.29, 0.717) is 18.8 Å². The van der Waals surface area contributed by atoms with E-state index in [1.807, 2.05) is 35.6 Å². The average molecular weight is 403 g/mol. The predicted molar refractivity (Wildman–Crippen MR) is 109 cm³/mol. The van der Waals surface area contributed by atoms with Gasteiger partial charge in [0.15, 0.2) is 6.54 Å². The molecule has 28 heavy (non-hydrogen) atoms. The van der Waals surface area contributed by atoms with Gasteiger partial charge >= 0.3 is 0 Å². The topological polar surface area (TPSA) is 83.1 Å². The Morgan fingerprint density at radius 3 is 2.50 bits per heavy atom. The molecule has 150 valence electrons. The smallest absolute Gasteiger partial charge is 0.279 e. The highest BCUT2D eigenvalue weighted by Gasteiger charge is 2.26. The Morgan fingerprint density at radius 1 is 1.07 bits per heavy atom. The van der Waals surface area contributed by atoms with E-state index in [-0.39, 0.29) is 23.4 Å². The van der Waals surface area contributed by atoms with Gasteiger partial charge in [0.25, 0.3) is 5.91 Å². The number of benzene rings is 2. The van der Waals surface area contributed by atoms with Gasteiger partial charge in [0.2, 0.25) is 10.0 Å². The second-order valence-corrected chi connectivity index (χ2v) is 9.12. The Labute approximate surface area is 167 Å². The van der Waals surface area contributed by atoms with Crippen LogP contribution >= 0.6 is 0 Å². The first-order valence-electron chi connectivity index (χ1n) is 9.75. The molecule has 1 heterocycles. The molecule has 2 aromatic rings. The van der Waals surface area contributed by atoms with E-state index in [2.05, 4.69) is 12.2 Å². The van der Waals surface area contributed by atoms with Crippen LogP contribution < -0.4 is 10.6 Å². The van der Waals surface area contributed by atoms with Crippen LogP contribution in [0.15, 0.2) is 59.5 Å². The zero-order valence-corrected chi connectivity index (χ0v) is 17.0. The van der Waals surface area contributed by atoms with Crippen LogP contribution in [0.5, 0.6) is 0 Å². The summed E-state index contributed by atoms with van der Waals surface area (Å²) in [6.07, 6.45) is 2.86. The summed E-state index contributed by atoms with van der Waals surface area (Å²) >= 11 is 0. The van der Waals surface area contributed by atoms with Gasteiger partial charge < -0.3 is 10.6 Å². The number of sulfonamides is 1. The minimum atomic E-state index is -3.51. The fourth-order valence-electron chi connectivity index (χ4n) is 3.38. The largest absolute Gasteiger partial charge is 0.333 e. The summed E-state index contributed by atoms with van der Waals surface area (Å²) in [5.41, 5.74) is 1.66. The molecule has 7 heteroatoms. The molecule has 0 aliphatic carbocycles. The van der Waals surface area contributed by atoms with Gasteiger partial charge in [-0.25, -0.2) is 8.42 Å². The number of hydrogen-bond acceptors (Lipinski definition) is 3. The number of hydrogen-bond donors (Lipinski definition) is 2. The molecule has 0 saturated carbocycles. The van der Waals surface area contributed by atoms with Crippen molar-refractivity contribution < 1.29 is 18.5 Å². The summed E-state index contributed by atoms with van der Waals surface area (Å²) in [5, 5.41) is 4.77. The molecular formula is C21H28N3O3S+. The van der Waals surface area contributed by atoms with Crippen molar-refractivity contribution in [3.8, 4) is 0 Å². The van der Waals surface area contributed by atoms with Gasteiger partial charge in [0.1, 0.15) is 6.04 Å². The van der Waals surface area contributed by atoms with Crippen LogP contribution in [0.3, 0.4) is 0 Å². The first-order chi connectivity index (χ1) is 13.5. The van der Waals surface area contributed by atoms with Crippen LogP contribution in [0.25, 0.3) is 0 Å². The third-order valence-electron chi connectivity index (χ3n) is 5.05. The quantitative estimate of drug-likeness (QED) is 0.744. The molecular weight excluding hydrogens is 374 g/mol. The fraction of sp³-hybridized carbons (Fsp3) is 0.381. The highest BCUT2D eigenvalue weighted by Crippen LogP contribution is 2.22. The maximum atomic E-state index is 12.8. The number of nitrogens with zero attached hydrogens (tertiary/aromatic N) is 1. The van der Waals surface area contributed by atoms with E-state index in [1.54, 1.807) is 24.3 Å². The molecule has 1 saturated heterocycles. The van der Waals surface area contributed by atoms with Crippen LogP contribution in [0.2, 0.25) is 0 Å². The number of quaternary nitrogens is 1. The van der Waals surface area contributed by atoms with Crippen molar-refractivity contribution in [1.29, 1.82) is 0 Å². The number of nitrogens with two attached hydrogens (primary N) is 1. The van der Waals surface area contributed by atoms with Gasteiger partial charge in [-0.2, -0.15) is 4.31 Å². The maximum absolute atomic E-state index is 12.8. The lowest BCUT2D eigenvalue weighted by molar-refractivity contribution is -0.682. The second-order valence-electron chi connectivity index (χ2n) is 7.18. The van der Waals surface area contributed by atoms with E-state index in [4.69, 9.17) is 0 Å². The first kappa shape index (κ1) is 20.5. The molecule has 3 rings (SSSR count). The number of carbonyl (C=O) groups excluding carboxylic acids is 1. The van der Waals surface area contributed by atoms with Crippen molar-refractivity contribution in [2.75, 3.05) is 25.0 Å². The molecule has 0 unspecified atom stereocenters. The predicted octanol–water partition coefficient (Wildman–Crippen LogP) is 2.12. The van der Waals surface area contributed by atoms with Gasteiger partial charge in [0, 0.05) is 24.3 Å². The van der Waals surface area contributed by atoms with Crippen molar-refractivity contribution in [1.82, 2.24) is 4.31 Å². The molecule has 0 radical (unpaired) electrons. The highest BCUT2D eigenvalue weighted by molar-refractivity contribution is 7.89. The zero-order chi connectivity index (χ0) is 20.0. The van der Waals surface area contributed by atoms with E-state index < -0.39 is 10.0 Å². The number of rotatable bonds is 7. The third kappa shape index (κ3) is 5.19. The summed E-state index contributed by atoms with van der Waals surface area (Å²) in [4.78, 5) is 12.5. The van der Waals surface area contributed by atoms with Crippen molar-refractivity contribution >= 4 is 21.6 Å². The summed E-state index contributed by atoms with van der Waals surface area (Å²) in [6, 6.07) is 16.7. The minimum Gasteiger partial charge on any atom is -0.333 e. The lowest BCUT2D eigenvalue weighted by Crippen LogP contribution is -2.86. The van der Waals surface area contributed by atoms with E-state index in [9.17, 15) is 13.2 Å². The Bertz CT molecular complexity index is 894. The lowest BCUT2D eigenvalue weighted by atomic mass is 10.1. The SMILES string of the molecule is C[C@H]([NH2+]CC(=O)Nc1cccc(S(=O)(=O)N2CCCCC2)c1)c1ccccc1. The first-order valence-corrected chi connectivity index (χ1v) is 11.2. The molecule has 2 aromatic carbocycles. The molecule has 1 amide bonds. The normalized spacial score (nSPS) is 16.5. The number of anilines is 1. The summed E-state index contributed by atoms with van der Waals surface area (Å²) in [5.74, 6) is -0.157. The third-order valence-corrected chi connectivity index (χ3v) is 6.95. The van der Waals surface area contributed by atoms with Crippen molar-refractivity contribution in [2.24, 2.45) is 0 Å². The maximum Gasteiger partial charge on any atom is 0.279 e. The highest BCUT2D eigenvalue weighted by atomic mass is 32.2. The lowest BCUT2D eigenvalue weighted by Gasteiger charge is -2.26. The average Bonchev–Trinajstić information content (AvgIpc) is 2.73. The molecule has 1 aliphatic heterocycles. The molecule has 0 aromatic heterocycles.